The molecule has 2 aliphatic carbocycles. The molecule has 1 aromatic heterocycles. The number of rotatable bonds is 6. The summed E-state index contributed by atoms with van der Waals surface area (Å²) in [5.41, 5.74) is 0.797. The van der Waals surface area contributed by atoms with Gasteiger partial charge in [-0.3, -0.25) is 4.79 Å². The lowest BCUT2D eigenvalue weighted by Gasteiger charge is -2.28. The normalized spacial score (nSPS) is 20.7. The minimum atomic E-state index is -0.0707. The van der Waals surface area contributed by atoms with E-state index < -0.39 is 0 Å². The summed E-state index contributed by atoms with van der Waals surface area (Å²) in [5, 5.41) is 7.95. The van der Waals surface area contributed by atoms with Crippen LogP contribution in [0.2, 0.25) is 5.02 Å². The van der Waals surface area contributed by atoms with Gasteiger partial charge in [-0.25, -0.2) is 4.68 Å². The monoisotopic (exact) mass is 309 g/mol. The Kier molecular flexibility index (Phi) is 4.25. The third kappa shape index (κ3) is 3.25. The van der Waals surface area contributed by atoms with Crippen LogP contribution in [0.25, 0.3) is 0 Å². The molecule has 1 aromatic rings. The molecule has 116 valence electrons. The fraction of sp³-hybridized carbons (Fsp3) is 0.750. The average molecular weight is 310 g/mol. The van der Waals surface area contributed by atoms with E-state index in [4.69, 9.17) is 11.6 Å². The molecule has 0 aliphatic heterocycles. The van der Waals surface area contributed by atoms with E-state index in [9.17, 15) is 4.79 Å². The van der Waals surface area contributed by atoms with Gasteiger partial charge in [-0.1, -0.05) is 31.4 Å². The van der Waals surface area contributed by atoms with Crippen LogP contribution < -0.4 is 10.9 Å². The van der Waals surface area contributed by atoms with E-state index in [1.165, 1.54) is 38.5 Å². The van der Waals surface area contributed by atoms with E-state index in [0.717, 1.165) is 19.5 Å². The van der Waals surface area contributed by atoms with Crippen LogP contribution in [0.5, 0.6) is 0 Å². The zero-order valence-electron chi connectivity index (χ0n) is 12.7. The maximum atomic E-state index is 12.5. The zero-order valence-corrected chi connectivity index (χ0v) is 13.5. The number of hydrogen-bond donors (Lipinski definition) is 1. The molecule has 0 aromatic carbocycles. The minimum Gasteiger partial charge on any atom is -0.379 e. The largest absolute Gasteiger partial charge is 0.379 e. The summed E-state index contributed by atoms with van der Waals surface area (Å²) in [7, 11) is 0. The van der Waals surface area contributed by atoms with Crippen molar-refractivity contribution in [1.82, 2.24) is 9.78 Å². The van der Waals surface area contributed by atoms with Crippen LogP contribution in [-0.2, 0) is 6.54 Å². The Morgan fingerprint density at radius 3 is 2.76 bits per heavy atom. The van der Waals surface area contributed by atoms with Crippen molar-refractivity contribution in [2.75, 3.05) is 11.9 Å². The summed E-state index contributed by atoms with van der Waals surface area (Å²) in [6.45, 7) is 3.81. The first-order chi connectivity index (χ1) is 10.1. The second-order valence-electron chi connectivity index (χ2n) is 6.71. The highest BCUT2D eigenvalue weighted by Gasteiger charge is 2.32. The SMILES string of the molecule is CCC1(CNc2c(Cl)cnn(CC3CC3)c2=O)CCCC1. The van der Waals surface area contributed by atoms with E-state index in [1.807, 2.05) is 0 Å². The van der Waals surface area contributed by atoms with E-state index in [-0.39, 0.29) is 5.56 Å². The quantitative estimate of drug-likeness (QED) is 0.871. The second-order valence-corrected chi connectivity index (χ2v) is 7.12. The van der Waals surface area contributed by atoms with Gasteiger partial charge in [0.2, 0.25) is 0 Å². The Balaban J connectivity index is 1.76. The smallest absolute Gasteiger partial charge is 0.291 e. The van der Waals surface area contributed by atoms with E-state index in [2.05, 4.69) is 17.3 Å². The van der Waals surface area contributed by atoms with Crippen molar-refractivity contribution in [2.24, 2.45) is 11.3 Å². The van der Waals surface area contributed by atoms with Crippen LogP contribution >= 0.6 is 11.6 Å². The molecule has 0 spiro atoms. The van der Waals surface area contributed by atoms with Crippen LogP contribution in [0.1, 0.15) is 51.9 Å². The molecule has 4 nitrogen and oxygen atoms in total. The molecule has 0 saturated heterocycles. The Morgan fingerprint density at radius 1 is 1.43 bits per heavy atom. The fourth-order valence-electron chi connectivity index (χ4n) is 3.36. The van der Waals surface area contributed by atoms with E-state index in [1.54, 1.807) is 10.9 Å². The van der Waals surface area contributed by atoms with Gasteiger partial charge in [0.25, 0.3) is 5.56 Å². The van der Waals surface area contributed by atoms with Crippen molar-refractivity contribution in [1.29, 1.82) is 0 Å². The van der Waals surface area contributed by atoms with Crippen LogP contribution in [0.15, 0.2) is 11.0 Å². The van der Waals surface area contributed by atoms with Crippen LogP contribution in [0, 0.1) is 11.3 Å². The van der Waals surface area contributed by atoms with Crippen molar-refractivity contribution in [3.63, 3.8) is 0 Å². The molecule has 0 unspecified atom stereocenters. The molecule has 0 bridgehead atoms. The molecule has 2 aliphatic rings. The van der Waals surface area contributed by atoms with Crippen molar-refractivity contribution in [3.8, 4) is 0 Å². The molecule has 2 fully saturated rings. The molecule has 2 saturated carbocycles. The highest BCUT2D eigenvalue weighted by molar-refractivity contribution is 6.32. The molecule has 0 atom stereocenters. The average Bonchev–Trinajstić information content (AvgIpc) is 3.18. The van der Waals surface area contributed by atoms with Crippen LogP contribution in [0.3, 0.4) is 0 Å². The molecule has 0 amide bonds. The first kappa shape index (κ1) is 14.9. The maximum absolute atomic E-state index is 12.5. The summed E-state index contributed by atoms with van der Waals surface area (Å²) < 4.78 is 1.57. The third-order valence-corrected chi connectivity index (χ3v) is 5.47. The summed E-state index contributed by atoms with van der Waals surface area (Å²) in [4.78, 5) is 12.5. The first-order valence-corrected chi connectivity index (χ1v) is 8.51. The van der Waals surface area contributed by atoms with Gasteiger partial charge in [-0.15, -0.1) is 0 Å². The van der Waals surface area contributed by atoms with Gasteiger partial charge in [0.15, 0.2) is 0 Å². The summed E-state index contributed by atoms with van der Waals surface area (Å²) in [6, 6.07) is 0. The predicted molar refractivity (Wildman–Crippen MR) is 85.9 cm³/mol. The Bertz CT molecular complexity index is 559. The number of anilines is 1. The number of hydrogen-bond acceptors (Lipinski definition) is 3. The molecule has 0 radical (unpaired) electrons. The molecule has 1 heterocycles. The van der Waals surface area contributed by atoms with Gasteiger partial charge in [0, 0.05) is 13.1 Å². The molecule has 3 rings (SSSR count). The lowest BCUT2D eigenvalue weighted by Crippen LogP contribution is -2.31. The number of nitrogens with zero attached hydrogens (tertiary/aromatic N) is 2. The zero-order chi connectivity index (χ0) is 14.9. The summed E-state index contributed by atoms with van der Waals surface area (Å²) in [6.07, 6.45) is 10.2. The van der Waals surface area contributed by atoms with Gasteiger partial charge < -0.3 is 5.32 Å². The van der Waals surface area contributed by atoms with Crippen molar-refractivity contribution < 1.29 is 0 Å². The minimum absolute atomic E-state index is 0.0707. The Hall–Kier alpha value is -1.03. The lowest BCUT2D eigenvalue weighted by atomic mass is 9.83. The fourth-order valence-corrected chi connectivity index (χ4v) is 3.55. The van der Waals surface area contributed by atoms with Gasteiger partial charge in [-0.2, -0.15) is 5.10 Å². The van der Waals surface area contributed by atoms with Crippen LogP contribution in [-0.4, -0.2) is 16.3 Å². The van der Waals surface area contributed by atoms with Crippen molar-refractivity contribution in [3.05, 3.63) is 21.6 Å². The molecular formula is C16H24ClN3O. The number of nitrogens with one attached hydrogen (secondary N) is 1. The Labute approximate surface area is 130 Å². The predicted octanol–water partition coefficient (Wildman–Crippen LogP) is 3.69. The maximum Gasteiger partial charge on any atom is 0.291 e. The van der Waals surface area contributed by atoms with Gasteiger partial charge in [0.1, 0.15) is 5.69 Å². The Morgan fingerprint density at radius 2 is 2.14 bits per heavy atom. The van der Waals surface area contributed by atoms with E-state index >= 15 is 0 Å². The second kappa shape index (κ2) is 5.99. The molecular weight excluding hydrogens is 286 g/mol. The summed E-state index contributed by atoms with van der Waals surface area (Å²) in [5.74, 6) is 0.626. The van der Waals surface area contributed by atoms with Gasteiger partial charge in [-0.05, 0) is 43.4 Å². The topological polar surface area (TPSA) is 46.9 Å². The highest BCUT2D eigenvalue weighted by Crippen LogP contribution is 2.41. The van der Waals surface area contributed by atoms with Crippen LogP contribution in [0.4, 0.5) is 5.69 Å². The van der Waals surface area contributed by atoms with Gasteiger partial charge >= 0.3 is 0 Å². The highest BCUT2D eigenvalue weighted by atomic mass is 35.5. The van der Waals surface area contributed by atoms with Crippen molar-refractivity contribution in [2.45, 2.75) is 58.4 Å². The molecule has 1 N–H and O–H groups in total. The third-order valence-electron chi connectivity index (χ3n) is 5.18. The van der Waals surface area contributed by atoms with Gasteiger partial charge in [0.05, 0.1) is 11.2 Å². The number of aromatic nitrogens is 2. The molecule has 21 heavy (non-hydrogen) atoms. The molecule has 5 heteroatoms. The first-order valence-electron chi connectivity index (χ1n) is 8.13. The lowest BCUT2D eigenvalue weighted by molar-refractivity contribution is 0.306. The standard InChI is InChI=1S/C16H24ClN3O/c1-2-16(7-3-4-8-16)11-18-14-13(17)9-19-20(15(14)21)10-12-5-6-12/h9,12,18H,2-8,10-11H2,1H3. The number of halogens is 1. The van der Waals surface area contributed by atoms with Crippen molar-refractivity contribution >= 4 is 17.3 Å². The van der Waals surface area contributed by atoms with E-state index in [0.29, 0.717) is 22.0 Å². The summed E-state index contributed by atoms with van der Waals surface area (Å²) >= 11 is 6.19.